The summed E-state index contributed by atoms with van der Waals surface area (Å²) in [6.45, 7) is 3.98. The maximum atomic E-state index is 11.4. The molecular weight excluding hydrogens is 190 g/mol. The second-order valence-corrected chi connectivity index (χ2v) is 3.53. The van der Waals surface area contributed by atoms with Crippen molar-refractivity contribution in [2.75, 3.05) is 11.1 Å². The van der Waals surface area contributed by atoms with Gasteiger partial charge >= 0.3 is 6.03 Å². The van der Waals surface area contributed by atoms with Crippen LogP contribution < -0.4 is 16.4 Å². The predicted molar refractivity (Wildman–Crippen MR) is 62.8 cm³/mol. The van der Waals surface area contributed by atoms with E-state index in [-0.39, 0.29) is 12.1 Å². The van der Waals surface area contributed by atoms with E-state index in [1.54, 1.807) is 24.3 Å². The molecule has 0 aliphatic rings. The Morgan fingerprint density at radius 1 is 1.40 bits per heavy atom. The largest absolute Gasteiger partial charge is 0.399 e. The molecule has 1 rings (SSSR count). The fourth-order valence-corrected chi connectivity index (χ4v) is 1.06. The molecule has 0 aliphatic carbocycles. The Bertz CT molecular complexity index is 321. The van der Waals surface area contributed by atoms with Crippen molar-refractivity contribution in [3.8, 4) is 0 Å². The second-order valence-electron chi connectivity index (χ2n) is 3.53. The summed E-state index contributed by atoms with van der Waals surface area (Å²) in [5.41, 5.74) is 6.96. The molecule has 1 aromatic rings. The smallest absolute Gasteiger partial charge is 0.319 e. The highest BCUT2D eigenvalue weighted by Crippen LogP contribution is 2.10. The molecule has 1 unspecified atom stereocenters. The van der Waals surface area contributed by atoms with Gasteiger partial charge in [-0.2, -0.15) is 0 Å². The van der Waals surface area contributed by atoms with Crippen molar-refractivity contribution in [3.05, 3.63) is 24.3 Å². The van der Waals surface area contributed by atoms with E-state index in [1.165, 1.54) is 0 Å². The molecule has 0 saturated heterocycles. The molecule has 0 aromatic heterocycles. The van der Waals surface area contributed by atoms with Gasteiger partial charge in [-0.15, -0.1) is 0 Å². The average molecular weight is 207 g/mol. The zero-order chi connectivity index (χ0) is 11.3. The minimum absolute atomic E-state index is 0.179. The lowest BCUT2D eigenvalue weighted by molar-refractivity contribution is 0.249. The normalized spacial score (nSPS) is 11.9. The summed E-state index contributed by atoms with van der Waals surface area (Å²) < 4.78 is 0. The van der Waals surface area contributed by atoms with Crippen LogP contribution in [0.3, 0.4) is 0 Å². The van der Waals surface area contributed by atoms with Crippen molar-refractivity contribution in [1.29, 1.82) is 0 Å². The maximum Gasteiger partial charge on any atom is 0.319 e. The lowest BCUT2D eigenvalue weighted by Crippen LogP contribution is -2.35. The molecule has 0 saturated carbocycles. The minimum atomic E-state index is -0.186. The van der Waals surface area contributed by atoms with Gasteiger partial charge in [0.05, 0.1) is 0 Å². The fraction of sp³-hybridized carbons (Fsp3) is 0.364. The van der Waals surface area contributed by atoms with E-state index < -0.39 is 0 Å². The second kappa shape index (κ2) is 5.24. The first-order valence-corrected chi connectivity index (χ1v) is 5.05. The fourth-order valence-electron chi connectivity index (χ4n) is 1.06. The first-order chi connectivity index (χ1) is 7.11. The van der Waals surface area contributed by atoms with Gasteiger partial charge in [-0.25, -0.2) is 4.79 Å². The van der Waals surface area contributed by atoms with Crippen LogP contribution in [0.1, 0.15) is 20.3 Å². The standard InChI is InChI=1S/C11H17N3O/c1-3-8(2)13-11(15)14-10-6-4-9(12)5-7-10/h4-8H,3,12H2,1-2H3,(H2,13,14,15). The predicted octanol–water partition coefficient (Wildman–Crippen LogP) is 2.19. The molecule has 4 heteroatoms. The highest BCUT2D eigenvalue weighted by Gasteiger charge is 2.04. The van der Waals surface area contributed by atoms with Gasteiger partial charge in [-0.1, -0.05) is 6.92 Å². The topological polar surface area (TPSA) is 67.2 Å². The molecule has 1 aromatic carbocycles. The van der Waals surface area contributed by atoms with Crippen LogP contribution in [0.4, 0.5) is 16.2 Å². The SMILES string of the molecule is CCC(C)NC(=O)Nc1ccc(N)cc1. The molecule has 4 nitrogen and oxygen atoms in total. The van der Waals surface area contributed by atoms with Gasteiger partial charge in [0.1, 0.15) is 0 Å². The molecule has 4 N–H and O–H groups in total. The number of nitrogen functional groups attached to an aromatic ring is 1. The van der Waals surface area contributed by atoms with Crippen molar-refractivity contribution < 1.29 is 4.79 Å². The summed E-state index contributed by atoms with van der Waals surface area (Å²) in [4.78, 5) is 11.4. The number of nitrogens with two attached hydrogens (primary N) is 1. The average Bonchev–Trinajstić information content (AvgIpc) is 2.21. The van der Waals surface area contributed by atoms with Crippen molar-refractivity contribution in [2.45, 2.75) is 26.3 Å². The van der Waals surface area contributed by atoms with E-state index >= 15 is 0 Å². The molecule has 82 valence electrons. The zero-order valence-electron chi connectivity index (χ0n) is 9.08. The summed E-state index contributed by atoms with van der Waals surface area (Å²) in [6, 6.07) is 7.03. The Morgan fingerprint density at radius 3 is 2.53 bits per heavy atom. The number of hydrogen-bond acceptors (Lipinski definition) is 2. The first-order valence-electron chi connectivity index (χ1n) is 5.05. The Labute approximate surface area is 89.9 Å². The molecule has 0 aliphatic heterocycles. The van der Waals surface area contributed by atoms with Gasteiger partial charge in [0.15, 0.2) is 0 Å². The number of urea groups is 1. The first kappa shape index (κ1) is 11.4. The van der Waals surface area contributed by atoms with Crippen LogP contribution in [0, 0.1) is 0 Å². The number of anilines is 2. The Kier molecular flexibility index (Phi) is 3.97. The van der Waals surface area contributed by atoms with E-state index in [4.69, 9.17) is 5.73 Å². The number of benzene rings is 1. The van der Waals surface area contributed by atoms with Crippen LogP contribution >= 0.6 is 0 Å². The highest BCUT2D eigenvalue weighted by atomic mass is 16.2. The Hall–Kier alpha value is -1.71. The number of hydrogen-bond donors (Lipinski definition) is 3. The van der Waals surface area contributed by atoms with Crippen molar-refractivity contribution >= 4 is 17.4 Å². The molecule has 2 amide bonds. The van der Waals surface area contributed by atoms with Crippen molar-refractivity contribution in [3.63, 3.8) is 0 Å². The van der Waals surface area contributed by atoms with Gasteiger partial charge in [-0.3, -0.25) is 0 Å². The molecule has 0 fully saturated rings. The van der Waals surface area contributed by atoms with Crippen molar-refractivity contribution in [2.24, 2.45) is 0 Å². The van der Waals surface area contributed by atoms with Crippen LogP contribution in [0.5, 0.6) is 0 Å². The number of carbonyl (C=O) groups is 1. The molecule has 0 spiro atoms. The summed E-state index contributed by atoms with van der Waals surface area (Å²) in [5.74, 6) is 0. The summed E-state index contributed by atoms with van der Waals surface area (Å²) >= 11 is 0. The van der Waals surface area contributed by atoms with Gasteiger partial charge in [0.25, 0.3) is 0 Å². The highest BCUT2D eigenvalue weighted by molar-refractivity contribution is 5.89. The number of nitrogens with one attached hydrogen (secondary N) is 2. The molecule has 0 heterocycles. The molecular formula is C11H17N3O. The minimum Gasteiger partial charge on any atom is -0.399 e. The monoisotopic (exact) mass is 207 g/mol. The molecule has 15 heavy (non-hydrogen) atoms. The van der Waals surface area contributed by atoms with Crippen LogP contribution in [-0.2, 0) is 0 Å². The lowest BCUT2D eigenvalue weighted by Gasteiger charge is -2.12. The Morgan fingerprint density at radius 2 is 2.00 bits per heavy atom. The number of carbonyl (C=O) groups excluding carboxylic acids is 1. The van der Waals surface area contributed by atoms with E-state index in [9.17, 15) is 4.79 Å². The quantitative estimate of drug-likeness (QED) is 0.665. The van der Waals surface area contributed by atoms with Crippen LogP contribution in [0.2, 0.25) is 0 Å². The van der Waals surface area contributed by atoms with Gasteiger partial charge < -0.3 is 16.4 Å². The third-order valence-electron chi connectivity index (χ3n) is 2.16. The molecule has 0 radical (unpaired) electrons. The molecule has 0 bridgehead atoms. The van der Waals surface area contributed by atoms with E-state index in [0.717, 1.165) is 12.1 Å². The summed E-state index contributed by atoms with van der Waals surface area (Å²) in [7, 11) is 0. The lowest BCUT2D eigenvalue weighted by atomic mass is 10.2. The van der Waals surface area contributed by atoms with Gasteiger partial charge in [0.2, 0.25) is 0 Å². The van der Waals surface area contributed by atoms with Crippen LogP contribution in [0.15, 0.2) is 24.3 Å². The maximum absolute atomic E-state index is 11.4. The van der Waals surface area contributed by atoms with E-state index in [0.29, 0.717) is 5.69 Å². The zero-order valence-corrected chi connectivity index (χ0v) is 9.08. The summed E-state index contributed by atoms with van der Waals surface area (Å²) in [5, 5.41) is 5.54. The van der Waals surface area contributed by atoms with Crippen LogP contribution in [-0.4, -0.2) is 12.1 Å². The number of amides is 2. The molecule has 1 atom stereocenters. The van der Waals surface area contributed by atoms with Crippen LogP contribution in [0.25, 0.3) is 0 Å². The van der Waals surface area contributed by atoms with Crippen molar-refractivity contribution in [1.82, 2.24) is 5.32 Å². The van der Waals surface area contributed by atoms with Gasteiger partial charge in [-0.05, 0) is 37.6 Å². The Balaban J connectivity index is 2.48. The third-order valence-corrected chi connectivity index (χ3v) is 2.16. The summed E-state index contributed by atoms with van der Waals surface area (Å²) in [6.07, 6.45) is 0.912. The van der Waals surface area contributed by atoms with E-state index in [1.807, 2.05) is 13.8 Å². The number of rotatable bonds is 3. The van der Waals surface area contributed by atoms with E-state index in [2.05, 4.69) is 10.6 Å². The van der Waals surface area contributed by atoms with Gasteiger partial charge in [0, 0.05) is 17.4 Å². The third kappa shape index (κ3) is 3.89.